The van der Waals surface area contributed by atoms with Gasteiger partial charge in [-0.15, -0.1) is 0 Å². The summed E-state index contributed by atoms with van der Waals surface area (Å²) in [4.78, 5) is 28.8. The fraction of sp³-hybridized carbons (Fsp3) is 0.292. The van der Waals surface area contributed by atoms with Crippen LogP contribution in [0.2, 0.25) is 0 Å². The molecule has 8 nitrogen and oxygen atoms in total. The number of nitrogens with one attached hydrogen (secondary N) is 1. The van der Waals surface area contributed by atoms with E-state index in [0.717, 1.165) is 17.7 Å². The van der Waals surface area contributed by atoms with Crippen molar-refractivity contribution in [3.05, 3.63) is 77.0 Å². The predicted octanol–water partition coefficient (Wildman–Crippen LogP) is 2.68. The van der Waals surface area contributed by atoms with Crippen LogP contribution in [0.25, 0.3) is 11.1 Å². The largest absolute Gasteiger partial charge is 0.326 e. The van der Waals surface area contributed by atoms with Crippen molar-refractivity contribution in [3.63, 3.8) is 0 Å². The summed E-state index contributed by atoms with van der Waals surface area (Å²) in [5.74, 6) is -0.192. The fourth-order valence-corrected chi connectivity index (χ4v) is 6.46. The Hall–Kier alpha value is -3.30. The zero-order chi connectivity index (χ0) is 23.2. The van der Waals surface area contributed by atoms with E-state index >= 15 is 0 Å². The van der Waals surface area contributed by atoms with Crippen LogP contribution in [0.5, 0.6) is 0 Å². The molecule has 9 heteroatoms. The molecule has 2 bridgehead atoms. The summed E-state index contributed by atoms with van der Waals surface area (Å²) in [6.45, 7) is 2.60. The van der Waals surface area contributed by atoms with Crippen molar-refractivity contribution in [2.75, 3.05) is 18.4 Å². The second kappa shape index (κ2) is 8.24. The molecule has 1 fully saturated rings. The molecule has 1 amide bonds. The zero-order valence-corrected chi connectivity index (χ0v) is 19.0. The summed E-state index contributed by atoms with van der Waals surface area (Å²) in [7, 11) is -3.69. The number of carbonyl (C=O) groups is 1. The highest BCUT2D eigenvalue weighted by Gasteiger charge is 2.39. The number of piperidine rings is 1. The van der Waals surface area contributed by atoms with E-state index in [1.807, 2.05) is 22.8 Å². The Morgan fingerprint density at radius 2 is 1.85 bits per heavy atom. The van der Waals surface area contributed by atoms with Crippen LogP contribution >= 0.6 is 0 Å². The molecule has 0 spiro atoms. The number of hydrogen-bond donors (Lipinski definition) is 1. The van der Waals surface area contributed by atoms with Crippen LogP contribution < -0.4 is 10.9 Å². The van der Waals surface area contributed by atoms with Crippen molar-refractivity contribution in [2.45, 2.75) is 30.7 Å². The van der Waals surface area contributed by atoms with Gasteiger partial charge in [0.2, 0.25) is 15.9 Å². The number of fused-ring (bicyclic) bond motifs is 4. The molecule has 2 atom stereocenters. The molecule has 33 heavy (non-hydrogen) atoms. The van der Waals surface area contributed by atoms with Gasteiger partial charge in [0, 0.05) is 67.4 Å². The van der Waals surface area contributed by atoms with Crippen molar-refractivity contribution in [1.29, 1.82) is 0 Å². The molecule has 0 radical (unpaired) electrons. The lowest BCUT2D eigenvalue weighted by atomic mass is 9.84. The number of aromatic nitrogens is 2. The number of sulfonamides is 1. The smallest absolute Gasteiger partial charge is 0.258 e. The maximum atomic E-state index is 13.3. The van der Waals surface area contributed by atoms with Gasteiger partial charge in [-0.05, 0) is 54.8 Å². The highest BCUT2D eigenvalue weighted by atomic mass is 32.2. The lowest BCUT2D eigenvalue weighted by Crippen LogP contribution is -2.49. The zero-order valence-electron chi connectivity index (χ0n) is 18.1. The predicted molar refractivity (Wildman–Crippen MR) is 124 cm³/mol. The lowest BCUT2D eigenvalue weighted by Gasteiger charge is -2.42. The third-order valence-corrected chi connectivity index (χ3v) is 8.20. The summed E-state index contributed by atoms with van der Waals surface area (Å²) in [6.07, 6.45) is 4.21. The van der Waals surface area contributed by atoms with E-state index < -0.39 is 10.0 Å². The van der Waals surface area contributed by atoms with E-state index in [0.29, 0.717) is 30.9 Å². The summed E-state index contributed by atoms with van der Waals surface area (Å²) in [6, 6.07) is 13.7. The van der Waals surface area contributed by atoms with E-state index in [4.69, 9.17) is 0 Å². The monoisotopic (exact) mass is 464 g/mol. The van der Waals surface area contributed by atoms with Crippen molar-refractivity contribution in [2.24, 2.45) is 5.92 Å². The second-order valence-electron chi connectivity index (χ2n) is 8.66. The lowest BCUT2D eigenvalue weighted by molar-refractivity contribution is -0.114. The van der Waals surface area contributed by atoms with Gasteiger partial charge >= 0.3 is 0 Å². The molecule has 3 aromatic rings. The molecule has 0 saturated carbocycles. The summed E-state index contributed by atoms with van der Waals surface area (Å²) < 4.78 is 30.0. The topological polar surface area (TPSA) is 101 Å². The highest BCUT2D eigenvalue weighted by molar-refractivity contribution is 7.89. The first-order valence-corrected chi connectivity index (χ1v) is 12.3. The Labute approximate surface area is 191 Å². The first-order chi connectivity index (χ1) is 15.8. The van der Waals surface area contributed by atoms with E-state index in [1.165, 1.54) is 23.4 Å². The average Bonchev–Trinajstić information content (AvgIpc) is 2.80. The summed E-state index contributed by atoms with van der Waals surface area (Å²) in [5.41, 5.74) is 2.76. The summed E-state index contributed by atoms with van der Waals surface area (Å²) >= 11 is 0. The van der Waals surface area contributed by atoms with E-state index in [2.05, 4.69) is 10.3 Å². The molecule has 0 unspecified atom stereocenters. The number of benzene rings is 1. The molecular weight excluding hydrogens is 440 g/mol. The van der Waals surface area contributed by atoms with Crippen LogP contribution in [0.3, 0.4) is 0 Å². The first kappa shape index (κ1) is 21.5. The third-order valence-electron chi connectivity index (χ3n) is 6.36. The number of rotatable bonds is 4. The average molecular weight is 465 g/mol. The van der Waals surface area contributed by atoms with Crippen LogP contribution in [0.4, 0.5) is 5.69 Å². The van der Waals surface area contributed by atoms with E-state index in [-0.39, 0.29) is 28.2 Å². The third kappa shape index (κ3) is 3.98. The quantitative estimate of drug-likeness (QED) is 0.640. The molecule has 1 saturated heterocycles. The maximum absolute atomic E-state index is 13.3. The molecular formula is C24H24N4O4S. The van der Waals surface area contributed by atoms with Crippen LogP contribution in [0, 0.1) is 5.92 Å². The highest BCUT2D eigenvalue weighted by Crippen LogP contribution is 2.37. The standard InChI is InChI=1S/C24H24N4O4S/c1-16(29)26-20-4-6-21(7-5-20)33(31,32)27-13-17-11-19(15-27)23-9-8-22(24(30)28(23)14-17)18-3-2-10-25-12-18/h2-10,12,17,19H,11,13-15H2,1H3,(H,26,29)/t17-,19+/m0/s1. The number of pyridine rings is 2. The van der Waals surface area contributed by atoms with Crippen LogP contribution in [-0.2, 0) is 21.4 Å². The van der Waals surface area contributed by atoms with E-state index in [9.17, 15) is 18.0 Å². The van der Waals surface area contributed by atoms with Crippen molar-refractivity contribution in [1.82, 2.24) is 13.9 Å². The van der Waals surface area contributed by atoms with Gasteiger partial charge in [-0.1, -0.05) is 6.07 Å². The Morgan fingerprint density at radius 3 is 2.55 bits per heavy atom. The van der Waals surface area contributed by atoms with Gasteiger partial charge in [-0.25, -0.2) is 8.42 Å². The van der Waals surface area contributed by atoms with Gasteiger partial charge in [0.15, 0.2) is 0 Å². The molecule has 0 aliphatic carbocycles. The second-order valence-corrected chi connectivity index (χ2v) is 10.6. The normalized spacial score (nSPS) is 20.2. The Balaban J connectivity index is 1.43. The van der Waals surface area contributed by atoms with Crippen molar-refractivity contribution < 1.29 is 13.2 Å². The molecule has 2 aliphatic heterocycles. The van der Waals surface area contributed by atoms with Gasteiger partial charge in [-0.3, -0.25) is 14.6 Å². The molecule has 1 N–H and O–H groups in total. The number of hydrogen-bond acceptors (Lipinski definition) is 5. The molecule has 2 aromatic heterocycles. The van der Waals surface area contributed by atoms with E-state index in [1.54, 1.807) is 30.6 Å². The fourth-order valence-electron chi connectivity index (χ4n) is 4.90. The SMILES string of the molecule is CC(=O)Nc1ccc(S(=O)(=O)N2C[C@@H]3C[C@H](C2)c2ccc(-c4cccnc4)c(=O)n2C3)cc1. The Kier molecular flexibility index (Phi) is 5.38. The minimum absolute atomic E-state index is 0.0402. The Bertz CT molecular complexity index is 1370. The molecule has 2 aliphatic rings. The van der Waals surface area contributed by atoms with Gasteiger partial charge in [-0.2, -0.15) is 4.31 Å². The van der Waals surface area contributed by atoms with Gasteiger partial charge < -0.3 is 9.88 Å². The van der Waals surface area contributed by atoms with Gasteiger partial charge in [0.25, 0.3) is 5.56 Å². The molecule has 1 aromatic carbocycles. The van der Waals surface area contributed by atoms with Crippen LogP contribution in [0.15, 0.2) is 70.6 Å². The molecule has 170 valence electrons. The summed E-state index contributed by atoms with van der Waals surface area (Å²) in [5, 5.41) is 2.64. The molecule has 5 rings (SSSR count). The van der Waals surface area contributed by atoms with Crippen LogP contribution in [-0.4, -0.2) is 41.3 Å². The minimum Gasteiger partial charge on any atom is -0.326 e. The number of amides is 1. The molecule has 4 heterocycles. The van der Waals surface area contributed by atoms with Gasteiger partial charge in [0.05, 0.1) is 4.90 Å². The number of anilines is 1. The Morgan fingerprint density at radius 1 is 1.06 bits per heavy atom. The number of carbonyl (C=O) groups excluding carboxylic acids is 1. The van der Waals surface area contributed by atoms with Gasteiger partial charge in [0.1, 0.15) is 0 Å². The minimum atomic E-state index is -3.69. The maximum Gasteiger partial charge on any atom is 0.258 e. The van der Waals surface area contributed by atoms with Crippen molar-refractivity contribution in [3.8, 4) is 11.1 Å². The first-order valence-electron chi connectivity index (χ1n) is 10.8. The van der Waals surface area contributed by atoms with Crippen molar-refractivity contribution >= 4 is 21.6 Å². The van der Waals surface area contributed by atoms with Crippen LogP contribution in [0.1, 0.15) is 25.0 Å². The number of nitrogens with zero attached hydrogens (tertiary/aromatic N) is 3.